The minimum atomic E-state index is -0.367. The molecule has 2 N–H and O–H groups in total. The second kappa shape index (κ2) is 9.18. The van der Waals surface area contributed by atoms with Crippen molar-refractivity contribution in [1.82, 2.24) is 5.32 Å². The van der Waals surface area contributed by atoms with Crippen molar-refractivity contribution in [3.05, 3.63) is 0 Å². The zero-order valence-corrected chi connectivity index (χ0v) is 12.7. The van der Waals surface area contributed by atoms with E-state index in [1.54, 1.807) is 0 Å². The first kappa shape index (κ1) is 16.3. The molecule has 4 heteroatoms. The van der Waals surface area contributed by atoms with Crippen LogP contribution in [0.3, 0.4) is 0 Å². The molecule has 108 valence electrons. The number of aliphatic hydroxyl groups excluding tert-OH is 1. The highest BCUT2D eigenvalue weighted by molar-refractivity contribution is 8.00. The molecule has 0 aromatic rings. The van der Waals surface area contributed by atoms with E-state index in [0.717, 1.165) is 19.6 Å². The summed E-state index contributed by atoms with van der Waals surface area (Å²) in [6.07, 6.45) is 9.31. The number of rotatable bonds is 12. The number of nitrogens with one attached hydrogen (secondary N) is 1. The van der Waals surface area contributed by atoms with Crippen molar-refractivity contribution in [2.45, 2.75) is 56.3 Å². The average Bonchev–Trinajstić information content (AvgIpc) is 3.14. The molecule has 0 aliphatic heterocycles. The van der Waals surface area contributed by atoms with Crippen molar-refractivity contribution >= 4 is 11.8 Å². The van der Waals surface area contributed by atoms with Crippen molar-refractivity contribution < 1.29 is 9.84 Å². The topological polar surface area (TPSA) is 41.5 Å². The lowest BCUT2D eigenvalue weighted by molar-refractivity contribution is 0.0355. The standard InChI is InChI=1S/C14H29NO2S/c1-3-4-5-6-9-17-11-13(16)10-15-12-14(18-2)7-8-14/h13,15-16H,3-12H2,1-2H3. The number of aliphatic hydroxyl groups is 1. The first-order chi connectivity index (χ1) is 8.72. The van der Waals surface area contributed by atoms with Crippen LogP contribution in [0.4, 0.5) is 0 Å². The van der Waals surface area contributed by atoms with Crippen LogP contribution in [0.15, 0.2) is 0 Å². The lowest BCUT2D eigenvalue weighted by Crippen LogP contribution is -2.35. The highest BCUT2D eigenvalue weighted by Crippen LogP contribution is 2.46. The monoisotopic (exact) mass is 275 g/mol. The largest absolute Gasteiger partial charge is 0.389 e. The van der Waals surface area contributed by atoms with Crippen molar-refractivity contribution in [2.24, 2.45) is 0 Å². The molecule has 0 radical (unpaired) electrons. The maximum absolute atomic E-state index is 9.75. The van der Waals surface area contributed by atoms with E-state index in [4.69, 9.17) is 4.74 Å². The van der Waals surface area contributed by atoms with Crippen molar-refractivity contribution in [3.63, 3.8) is 0 Å². The summed E-state index contributed by atoms with van der Waals surface area (Å²) in [5.74, 6) is 0. The maximum atomic E-state index is 9.75. The lowest BCUT2D eigenvalue weighted by Gasteiger charge is -2.16. The average molecular weight is 275 g/mol. The summed E-state index contributed by atoms with van der Waals surface area (Å²) in [5, 5.41) is 13.1. The van der Waals surface area contributed by atoms with Crippen LogP contribution in [-0.2, 0) is 4.74 Å². The Morgan fingerprint density at radius 1 is 1.33 bits per heavy atom. The smallest absolute Gasteiger partial charge is 0.0897 e. The minimum Gasteiger partial charge on any atom is -0.389 e. The Hall–Kier alpha value is 0.230. The van der Waals surface area contributed by atoms with Crippen LogP contribution in [0.25, 0.3) is 0 Å². The first-order valence-corrected chi connectivity index (χ1v) is 8.46. The molecule has 1 fully saturated rings. The Bertz CT molecular complexity index is 210. The van der Waals surface area contributed by atoms with Gasteiger partial charge in [0.15, 0.2) is 0 Å². The maximum Gasteiger partial charge on any atom is 0.0897 e. The molecule has 1 atom stereocenters. The van der Waals surface area contributed by atoms with Gasteiger partial charge in [0, 0.05) is 24.4 Å². The SMILES string of the molecule is CCCCCCOCC(O)CNCC1(SC)CC1. The molecule has 18 heavy (non-hydrogen) atoms. The quantitative estimate of drug-likeness (QED) is 0.537. The van der Waals surface area contributed by atoms with E-state index in [2.05, 4.69) is 18.5 Å². The van der Waals surface area contributed by atoms with Gasteiger partial charge in [-0.1, -0.05) is 26.2 Å². The van der Waals surface area contributed by atoms with E-state index in [1.807, 2.05) is 11.8 Å². The molecule has 0 heterocycles. The summed E-state index contributed by atoms with van der Waals surface area (Å²) in [5.41, 5.74) is 0. The van der Waals surface area contributed by atoms with Gasteiger partial charge in [-0.2, -0.15) is 11.8 Å². The van der Waals surface area contributed by atoms with Crippen LogP contribution in [0, 0.1) is 0 Å². The molecular weight excluding hydrogens is 246 g/mol. The van der Waals surface area contributed by atoms with Crippen LogP contribution in [-0.4, -0.2) is 48.5 Å². The van der Waals surface area contributed by atoms with Gasteiger partial charge in [-0.25, -0.2) is 0 Å². The predicted molar refractivity (Wildman–Crippen MR) is 79.3 cm³/mol. The molecule has 1 unspecified atom stereocenters. The van der Waals surface area contributed by atoms with Gasteiger partial charge < -0.3 is 15.2 Å². The Morgan fingerprint density at radius 3 is 2.72 bits per heavy atom. The summed E-state index contributed by atoms with van der Waals surface area (Å²) < 4.78 is 5.94. The third-order valence-corrected chi connectivity index (χ3v) is 4.94. The van der Waals surface area contributed by atoms with Crippen LogP contribution in [0.2, 0.25) is 0 Å². The van der Waals surface area contributed by atoms with Crippen LogP contribution >= 0.6 is 11.8 Å². The molecule has 3 nitrogen and oxygen atoms in total. The van der Waals surface area contributed by atoms with Crippen LogP contribution < -0.4 is 5.32 Å². The van der Waals surface area contributed by atoms with Gasteiger partial charge in [0.2, 0.25) is 0 Å². The summed E-state index contributed by atoms with van der Waals surface area (Å²) in [6.45, 7) is 5.12. The van der Waals surface area contributed by atoms with E-state index < -0.39 is 0 Å². The van der Waals surface area contributed by atoms with E-state index in [1.165, 1.54) is 32.1 Å². The van der Waals surface area contributed by atoms with Crippen molar-refractivity contribution in [1.29, 1.82) is 0 Å². The Labute approximate surface area is 116 Å². The van der Waals surface area contributed by atoms with Gasteiger partial charge in [-0.05, 0) is 25.5 Å². The minimum absolute atomic E-state index is 0.367. The van der Waals surface area contributed by atoms with Gasteiger partial charge in [0.1, 0.15) is 0 Å². The number of ether oxygens (including phenoxy) is 1. The molecule has 0 amide bonds. The summed E-state index contributed by atoms with van der Waals surface area (Å²) in [4.78, 5) is 0. The highest BCUT2D eigenvalue weighted by atomic mass is 32.2. The molecule has 0 saturated heterocycles. The van der Waals surface area contributed by atoms with Gasteiger partial charge >= 0.3 is 0 Å². The lowest BCUT2D eigenvalue weighted by atomic mass is 10.2. The molecular formula is C14H29NO2S. The summed E-state index contributed by atoms with van der Waals surface area (Å²) in [7, 11) is 0. The summed E-state index contributed by atoms with van der Waals surface area (Å²) in [6, 6.07) is 0. The van der Waals surface area contributed by atoms with Crippen molar-refractivity contribution in [3.8, 4) is 0 Å². The molecule has 0 spiro atoms. The van der Waals surface area contributed by atoms with E-state index >= 15 is 0 Å². The first-order valence-electron chi connectivity index (χ1n) is 7.24. The van der Waals surface area contributed by atoms with Crippen LogP contribution in [0.5, 0.6) is 0 Å². The Morgan fingerprint density at radius 2 is 2.11 bits per heavy atom. The zero-order valence-electron chi connectivity index (χ0n) is 11.9. The molecule has 0 aromatic carbocycles. The van der Waals surface area contributed by atoms with Gasteiger partial charge in [-0.3, -0.25) is 0 Å². The van der Waals surface area contributed by atoms with Crippen LogP contribution in [0.1, 0.15) is 45.4 Å². The number of hydrogen-bond donors (Lipinski definition) is 2. The second-order valence-electron chi connectivity index (χ2n) is 5.31. The predicted octanol–water partition coefficient (Wildman–Crippen LogP) is 2.43. The Kier molecular flexibility index (Phi) is 8.31. The van der Waals surface area contributed by atoms with E-state index in [0.29, 0.717) is 17.9 Å². The third kappa shape index (κ3) is 6.98. The van der Waals surface area contributed by atoms with Gasteiger partial charge in [0.05, 0.1) is 12.7 Å². The second-order valence-corrected chi connectivity index (χ2v) is 6.58. The molecule has 1 aliphatic carbocycles. The molecule has 0 aromatic heterocycles. The molecule has 0 bridgehead atoms. The normalized spacial score (nSPS) is 18.8. The fourth-order valence-corrected chi connectivity index (χ4v) is 2.72. The number of thioether (sulfide) groups is 1. The zero-order chi connectivity index (χ0) is 13.3. The molecule has 1 rings (SSSR count). The fraction of sp³-hybridized carbons (Fsp3) is 1.00. The van der Waals surface area contributed by atoms with E-state index in [9.17, 15) is 5.11 Å². The number of hydrogen-bond acceptors (Lipinski definition) is 4. The van der Waals surface area contributed by atoms with Gasteiger partial charge in [-0.15, -0.1) is 0 Å². The summed E-state index contributed by atoms with van der Waals surface area (Å²) >= 11 is 1.94. The highest BCUT2D eigenvalue weighted by Gasteiger charge is 2.41. The fourth-order valence-electron chi connectivity index (χ4n) is 1.97. The van der Waals surface area contributed by atoms with E-state index in [-0.39, 0.29) is 6.10 Å². The third-order valence-electron chi connectivity index (χ3n) is 3.52. The van der Waals surface area contributed by atoms with Gasteiger partial charge in [0.25, 0.3) is 0 Å². The number of unbranched alkanes of at least 4 members (excludes halogenated alkanes) is 3. The van der Waals surface area contributed by atoms with Crippen molar-refractivity contribution in [2.75, 3.05) is 32.6 Å². The Balaban J connectivity index is 1.86. The molecule has 1 aliphatic rings. The molecule has 1 saturated carbocycles.